The quantitative estimate of drug-likeness (QED) is 0.370. The molecule has 0 bridgehead atoms. The minimum Gasteiger partial charge on any atom is -0.267 e. The molecule has 20 heavy (non-hydrogen) atoms. The number of thioether (sulfide) groups is 1. The molecule has 2 rings (SSSR count). The van der Waals surface area contributed by atoms with Gasteiger partial charge in [0.05, 0.1) is 6.21 Å². The number of nitrogens with zero attached hydrogens (tertiary/aromatic N) is 1. The standard InChI is InChI=1S/C15H13IN2OS/c1-20-14-7-5-11(6-8-14)10-17-18-15(19)12-3-2-4-13(16)9-12/h2-10H,1H3,(H,18,19)/b17-10+. The first-order valence-electron chi connectivity index (χ1n) is 5.92. The van der Waals surface area contributed by atoms with Crippen LogP contribution in [0.2, 0.25) is 0 Å². The van der Waals surface area contributed by atoms with Crippen LogP contribution >= 0.6 is 34.4 Å². The fraction of sp³-hybridized carbons (Fsp3) is 0.0667. The molecule has 1 N–H and O–H groups in total. The molecule has 2 aromatic rings. The molecule has 0 aliphatic rings. The first kappa shape index (κ1) is 15.1. The summed E-state index contributed by atoms with van der Waals surface area (Å²) in [5, 5.41) is 3.97. The van der Waals surface area contributed by atoms with Crippen LogP contribution in [-0.2, 0) is 0 Å². The number of rotatable bonds is 4. The summed E-state index contributed by atoms with van der Waals surface area (Å²) in [6, 6.07) is 15.3. The van der Waals surface area contributed by atoms with Gasteiger partial charge in [-0.25, -0.2) is 5.43 Å². The minimum atomic E-state index is -0.208. The molecule has 0 saturated heterocycles. The zero-order chi connectivity index (χ0) is 14.4. The third-order valence-corrected chi connectivity index (χ3v) is 4.00. The number of amides is 1. The van der Waals surface area contributed by atoms with Crippen molar-refractivity contribution in [1.82, 2.24) is 5.43 Å². The van der Waals surface area contributed by atoms with Gasteiger partial charge in [0, 0.05) is 14.0 Å². The highest BCUT2D eigenvalue weighted by Gasteiger charge is 2.03. The van der Waals surface area contributed by atoms with Crippen LogP contribution in [0.15, 0.2) is 58.5 Å². The summed E-state index contributed by atoms with van der Waals surface area (Å²) in [5.74, 6) is -0.208. The van der Waals surface area contributed by atoms with Gasteiger partial charge in [-0.2, -0.15) is 5.10 Å². The van der Waals surface area contributed by atoms with Crippen LogP contribution < -0.4 is 5.43 Å². The van der Waals surface area contributed by atoms with E-state index in [0.29, 0.717) is 5.56 Å². The van der Waals surface area contributed by atoms with E-state index in [0.717, 1.165) is 9.13 Å². The number of hydrogen-bond acceptors (Lipinski definition) is 3. The van der Waals surface area contributed by atoms with Crippen LogP contribution in [0.5, 0.6) is 0 Å². The zero-order valence-corrected chi connectivity index (χ0v) is 13.8. The highest BCUT2D eigenvalue weighted by molar-refractivity contribution is 14.1. The summed E-state index contributed by atoms with van der Waals surface area (Å²) in [6.45, 7) is 0. The van der Waals surface area contributed by atoms with Crippen LogP contribution in [0.3, 0.4) is 0 Å². The third-order valence-electron chi connectivity index (χ3n) is 2.58. The number of halogens is 1. The Morgan fingerprint density at radius 1 is 1.25 bits per heavy atom. The highest BCUT2D eigenvalue weighted by Crippen LogP contribution is 2.13. The van der Waals surface area contributed by atoms with Gasteiger partial charge in [-0.05, 0) is 64.7 Å². The largest absolute Gasteiger partial charge is 0.271 e. The van der Waals surface area contributed by atoms with E-state index < -0.39 is 0 Å². The normalized spacial score (nSPS) is 10.7. The summed E-state index contributed by atoms with van der Waals surface area (Å²) in [5.41, 5.74) is 4.08. The second kappa shape index (κ2) is 7.44. The molecule has 0 aliphatic heterocycles. The highest BCUT2D eigenvalue weighted by atomic mass is 127. The van der Waals surface area contributed by atoms with Gasteiger partial charge < -0.3 is 0 Å². The van der Waals surface area contributed by atoms with Gasteiger partial charge in [-0.15, -0.1) is 11.8 Å². The van der Waals surface area contributed by atoms with Gasteiger partial charge in [0.25, 0.3) is 5.91 Å². The average Bonchev–Trinajstić information content (AvgIpc) is 2.48. The molecule has 0 aromatic heterocycles. The number of hydrazone groups is 1. The van der Waals surface area contributed by atoms with E-state index in [1.807, 2.05) is 48.7 Å². The number of benzene rings is 2. The molecule has 2 aromatic carbocycles. The van der Waals surface area contributed by atoms with E-state index in [1.165, 1.54) is 4.90 Å². The molecule has 3 nitrogen and oxygen atoms in total. The van der Waals surface area contributed by atoms with Crippen molar-refractivity contribution in [2.24, 2.45) is 5.10 Å². The SMILES string of the molecule is CSc1ccc(/C=N/NC(=O)c2cccc(I)c2)cc1. The number of nitrogens with one attached hydrogen (secondary N) is 1. The molecular formula is C15H13IN2OS. The van der Waals surface area contributed by atoms with Crippen LogP contribution in [0.25, 0.3) is 0 Å². The number of carbonyl (C=O) groups excluding carboxylic acids is 1. The minimum absolute atomic E-state index is 0.208. The van der Waals surface area contributed by atoms with Crippen molar-refractivity contribution in [3.05, 3.63) is 63.2 Å². The van der Waals surface area contributed by atoms with Crippen LogP contribution in [0.1, 0.15) is 15.9 Å². The Morgan fingerprint density at radius 3 is 2.65 bits per heavy atom. The molecule has 102 valence electrons. The van der Waals surface area contributed by atoms with E-state index in [9.17, 15) is 4.79 Å². The van der Waals surface area contributed by atoms with Gasteiger partial charge in [0.2, 0.25) is 0 Å². The monoisotopic (exact) mass is 396 g/mol. The van der Waals surface area contributed by atoms with Crippen molar-refractivity contribution in [3.63, 3.8) is 0 Å². The lowest BCUT2D eigenvalue weighted by atomic mass is 10.2. The van der Waals surface area contributed by atoms with Crippen molar-refractivity contribution in [2.75, 3.05) is 6.26 Å². The lowest BCUT2D eigenvalue weighted by Crippen LogP contribution is -2.17. The molecule has 0 unspecified atom stereocenters. The predicted octanol–water partition coefficient (Wildman–Crippen LogP) is 3.78. The summed E-state index contributed by atoms with van der Waals surface area (Å²) in [4.78, 5) is 13.1. The fourth-order valence-electron chi connectivity index (χ4n) is 1.55. The Hall–Kier alpha value is -1.34. The summed E-state index contributed by atoms with van der Waals surface area (Å²) in [7, 11) is 0. The maximum atomic E-state index is 11.9. The lowest BCUT2D eigenvalue weighted by molar-refractivity contribution is 0.0955. The van der Waals surface area contributed by atoms with Crippen LogP contribution in [-0.4, -0.2) is 18.4 Å². The number of hydrogen-bond donors (Lipinski definition) is 1. The molecule has 0 spiro atoms. The van der Waals surface area contributed by atoms with E-state index in [1.54, 1.807) is 24.0 Å². The molecule has 5 heteroatoms. The summed E-state index contributed by atoms with van der Waals surface area (Å²) < 4.78 is 1.02. The van der Waals surface area contributed by atoms with E-state index in [2.05, 4.69) is 33.1 Å². The van der Waals surface area contributed by atoms with Crippen molar-refractivity contribution >= 4 is 46.5 Å². The van der Waals surface area contributed by atoms with Crippen molar-refractivity contribution in [3.8, 4) is 0 Å². The maximum absolute atomic E-state index is 11.9. The lowest BCUT2D eigenvalue weighted by Gasteiger charge is -2.00. The van der Waals surface area contributed by atoms with Gasteiger partial charge in [-0.1, -0.05) is 18.2 Å². The third kappa shape index (κ3) is 4.35. The fourth-order valence-corrected chi connectivity index (χ4v) is 2.50. The Morgan fingerprint density at radius 2 is 2.00 bits per heavy atom. The second-order valence-electron chi connectivity index (χ2n) is 3.98. The first-order chi connectivity index (χ1) is 9.69. The molecule has 0 aliphatic carbocycles. The summed E-state index contributed by atoms with van der Waals surface area (Å²) in [6.07, 6.45) is 3.67. The van der Waals surface area contributed by atoms with Crippen molar-refractivity contribution in [1.29, 1.82) is 0 Å². The first-order valence-corrected chi connectivity index (χ1v) is 8.22. The van der Waals surface area contributed by atoms with Crippen LogP contribution in [0.4, 0.5) is 0 Å². The van der Waals surface area contributed by atoms with E-state index >= 15 is 0 Å². The Labute approximate surface area is 136 Å². The Balaban J connectivity index is 1.97. The molecule has 0 fully saturated rings. The summed E-state index contributed by atoms with van der Waals surface area (Å²) >= 11 is 3.86. The molecule has 0 heterocycles. The topological polar surface area (TPSA) is 41.5 Å². The molecule has 0 radical (unpaired) electrons. The van der Waals surface area contributed by atoms with Crippen molar-refractivity contribution < 1.29 is 4.79 Å². The van der Waals surface area contributed by atoms with E-state index in [-0.39, 0.29) is 5.91 Å². The van der Waals surface area contributed by atoms with Gasteiger partial charge in [0.1, 0.15) is 0 Å². The van der Waals surface area contributed by atoms with Crippen LogP contribution in [0, 0.1) is 3.57 Å². The van der Waals surface area contributed by atoms with Gasteiger partial charge in [-0.3, -0.25) is 4.79 Å². The van der Waals surface area contributed by atoms with Gasteiger partial charge >= 0.3 is 0 Å². The zero-order valence-electron chi connectivity index (χ0n) is 10.8. The second-order valence-corrected chi connectivity index (χ2v) is 6.11. The molecule has 0 saturated carbocycles. The van der Waals surface area contributed by atoms with Gasteiger partial charge in [0.15, 0.2) is 0 Å². The Kier molecular flexibility index (Phi) is 5.60. The Bertz CT molecular complexity index is 626. The van der Waals surface area contributed by atoms with E-state index in [4.69, 9.17) is 0 Å². The van der Waals surface area contributed by atoms with Crippen molar-refractivity contribution in [2.45, 2.75) is 4.90 Å². The average molecular weight is 396 g/mol. The number of carbonyl (C=O) groups is 1. The molecular weight excluding hydrogens is 383 g/mol. The molecule has 0 atom stereocenters. The smallest absolute Gasteiger partial charge is 0.267 e. The molecule has 1 amide bonds. The maximum Gasteiger partial charge on any atom is 0.271 e. The predicted molar refractivity (Wildman–Crippen MR) is 92.4 cm³/mol.